The molecule has 2 N–H and O–H groups in total. The van der Waals surface area contributed by atoms with Crippen LogP contribution < -0.4 is 10.7 Å². The predicted octanol–water partition coefficient (Wildman–Crippen LogP) is 3.53. The standard InChI is InChI=1S/C22H38N4/c1-20-8-3-6-14-25(20)15-7-13-23-18-21-9-11-22(12-10-21)19-24-26-16-4-2-5-17-26/h9-12,20,23-24H,2-8,13-19H2,1H3. The number of hydrogen-bond acceptors (Lipinski definition) is 4. The Labute approximate surface area is 160 Å². The highest BCUT2D eigenvalue weighted by molar-refractivity contribution is 5.22. The van der Waals surface area contributed by atoms with Gasteiger partial charge in [-0.3, -0.25) is 5.43 Å². The monoisotopic (exact) mass is 358 g/mol. The van der Waals surface area contributed by atoms with E-state index in [1.54, 1.807) is 0 Å². The largest absolute Gasteiger partial charge is 0.313 e. The van der Waals surface area contributed by atoms with Gasteiger partial charge < -0.3 is 10.2 Å². The lowest BCUT2D eigenvalue weighted by Gasteiger charge is -2.33. The molecule has 0 bridgehead atoms. The summed E-state index contributed by atoms with van der Waals surface area (Å²) in [6, 6.07) is 9.86. The second-order valence-corrected chi connectivity index (χ2v) is 8.11. The molecule has 0 saturated carbocycles. The van der Waals surface area contributed by atoms with Crippen LogP contribution in [0.15, 0.2) is 24.3 Å². The summed E-state index contributed by atoms with van der Waals surface area (Å²) in [5.74, 6) is 0. The number of rotatable bonds is 9. The number of nitrogens with zero attached hydrogens (tertiary/aromatic N) is 2. The molecule has 0 amide bonds. The van der Waals surface area contributed by atoms with Gasteiger partial charge in [0, 0.05) is 32.2 Å². The molecule has 2 heterocycles. The first-order chi connectivity index (χ1) is 12.8. The molecule has 146 valence electrons. The summed E-state index contributed by atoms with van der Waals surface area (Å²) in [6.45, 7) is 10.4. The molecule has 4 nitrogen and oxygen atoms in total. The van der Waals surface area contributed by atoms with Gasteiger partial charge >= 0.3 is 0 Å². The summed E-state index contributed by atoms with van der Waals surface area (Å²) in [4.78, 5) is 2.66. The second kappa shape index (κ2) is 11.0. The molecule has 2 aliphatic heterocycles. The molecule has 0 radical (unpaired) electrons. The molecule has 2 fully saturated rings. The molecular formula is C22H38N4. The van der Waals surface area contributed by atoms with Crippen molar-refractivity contribution in [2.45, 2.75) is 71.0 Å². The zero-order valence-corrected chi connectivity index (χ0v) is 16.7. The van der Waals surface area contributed by atoms with Gasteiger partial charge in [0.05, 0.1) is 0 Å². The van der Waals surface area contributed by atoms with E-state index in [1.165, 1.54) is 82.3 Å². The SMILES string of the molecule is CC1CCCCN1CCCNCc1ccc(CNN2CCCCC2)cc1. The maximum absolute atomic E-state index is 3.61. The maximum Gasteiger partial charge on any atom is 0.0353 e. The van der Waals surface area contributed by atoms with Gasteiger partial charge in [-0.25, -0.2) is 5.01 Å². The Morgan fingerprint density at radius 1 is 0.885 bits per heavy atom. The number of likely N-dealkylation sites (tertiary alicyclic amines) is 1. The predicted molar refractivity (Wildman–Crippen MR) is 110 cm³/mol. The third kappa shape index (κ3) is 6.66. The average molecular weight is 359 g/mol. The molecule has 4 heteroatoms. The Balaban J connectivity index is 1.27. The van der Waals surface area contributed by atoms with Crippen molar-refractivity contribution in [2.75, 3.05) is 32.7 Å². The summed E-state index contributed by atoms with van der Waals surface area (Å²) in [7, 11) is 0. The Kier molecular flexibility index (Phi) is 8.40. The molecule has 1 aromatic rings. The van der Waals surface area contributed by atoms with Gasteiger partial charge in [0.2, 0.25) is 0 Å². The van der Waals surface area contributed by atoms with Crippen LogP contribution in [0.5, 0.6) is 0 Å². The topological polar surface area (TPSA) is 30.5 Å². The van der Waals surface area contributed by atoms with Crippen molar-refractivity contribution < 1.29 is 0 Å². The first kappa shape index (κ1) is 19.8. The van der Waals surface area contributed by atoms with Crippen LogP contribution in [0, 0.1) is 0 Å². The summed E-state index contributed by atoms with van der Waals surface area (Å²) >= 11 is 0. The van der Waals surface area contributed by atoms with Gasteiger partial charge in [-0.2, -0.15) is 0 Å². The lowest BCUT2D eigenvalue weighted by Crippen LogP contribution is -2.41. The van der Waals surface area contributed by atoms with Crippen molar-refractivity contribution in [2.24, 2.45) is 0 Å². The molecule has 1 unspecified atom stereocenters. The van der Waals surface area contributed by atoms with E-state index in [4.69, 9.17) is 0 Å². The van der Waals surface area contributed by atoms with Crippen molar-refractivity contribution in [3.05, 3.63) is 35.4 Å². The third-order valence-electron chi connectivity index (χ3n) is 5.95. The van der Waals surface area contributed by atoms with E-state index in [2.05, 4.69) is 51.8 Å². The molecule has 0 aliphatic carbocycles. The van der Waals surface area contributed by atoms with Gasteiger partial charge in [0.25, 0.3) is 0 Å². The van der Waals surface area contributed by atoms with Crippen LogP contribution >= 0.6 is 0 Å². The molecule has 0 spiro atoms. The third-order valence-corrected chi connectivity index (χ3v) is 5.95. The van der Waals surface area contributed by atoms with Gasteiger partial charge in [0.15, 0.2) is 0 Å². The minimum Gasteiger partial charge on any atom is -0.313 e. The highest BCUT2D eigenvalue weighted by Gasteiger charge is 2.16. The molecule has 2 saturated heterocycles. The summed E-state index contributed by atoms with van der Waals surface area (Å²) in [5, 5.41) is 5.99. The van der Waals surface area contributed by atoms with Gasteiger partial charge in [-0.05, 0) is 69.8 Å². The van der Waals surface area contributed by atoms with E-state index in [0.717, 1.165) is 25.7 Å². The number of benzene rings is 1. The fourth-order valence-corrected chi connectivity index (χ4v) is 4.16. The molecule has 0 aromatic heterocycles. The highest BCUT2D eigenvalue weighted by Crippen LogP contribution is 2.16. The summed E-state index contributed by atoms with van der Waals surface area (Å²) in [5.41, 5.74) is 6.33. The van der Waals surface area contributed by atoms with Crippen molar-refractivity contribution in [3.63, 3.8) is 0 Å². The van der Waals surface area contributed by atoms with Crippen LogP contribution in [-0.2, 0) is 13.1 Å². The average Bonchev–Trinajstić information content (AvgIpc) is 2.69. The van der Waals surface area contributed by atoms with E-state index in [0.29, 0.717) is 0 Å². The van der Waals surface area contributed by atoms with Crippen LogP contribution in [0.2, 0.25) is 0 Å². The normalized spacial score (nSPS) is 22.6. The van der Waals surface area contributed by atoms with E-state index >= 15 is 0 Å². The van der Waals surface area contributed by atoms with E-state index in [-0.39, 0.29) is 0 Å². The van der Waals surface area contributed by atoms with Gasteiger partial charge in [-0.15, -0.1) is 0 Å². The Morgan fingerprint density at radius 3 is 2.31 bits per heavy atom. The van der Waals surface area contributed by atoms with Crippen molar-refractivity contribution >= 4 is 0 Å². The van der Waals surface area contributed by atoms with Crippen LogP contribution in [0.3, 0.4) is 0 Å². The molecule has 1 aromatic carbocycles. The number of hydrogen-bond donors (Lipinski definition) is 2. The van der Waals surface area contributed by atoms with Crippen molar-refractivity contribution in [1.82, 2.24) is 20.7 Å². The smallest absolute Gasteiger partial charge is 0.0353 e. The minimum atomic E-state index is 0.787. The zero-order chi connectivity index (χ0) is 18.0. The van der Waals surface area contributed by atoms with Gasteiger partial charge in [0.1, 0.15) is 0 Å². The zero-order valence-electron chi connectivity index (χ0n) is 16.7. The van der Waals surface area contributed by atoms with Crippen LogP contribution in [0.4, 0.5) is 0 Å². The minimum absolute atomic E-state index is 0.787. The van der Waals surface area contributed by atoms with Crippen molar-refractivity contribution in [1.29, 1.82) is 0 Å². The Morgan fingerprint density at radius 2 is 1.58 bits per heavy atom. The van der Waals surface area contributed by atoms with Crippen LogP contribution in [0.25, 0.3) is 0 Å². The lowest BCUT2D eigenvalue weighted by atomic mass is 10.0. The Hall–Kier alpha value is -0.940. The number of piperidine rings is 2. The van der Waals surface area contributed by atoms with E-state index < -0.39 is 0 Å². The Bertz CT molecular complexity index is 495. The first-order valence-corrected chi connectivity index (χ1v) is 10.8. The number of nitrogens with one attached hydrogen (secondary N) is 2. The fourth-order valence-electron chi connectivity index (χ4n) is 4.16. The quantitative estimate of drug-likeness (QED) is 0.661. The second-order valence-electron chi connectivity index (χ2n) is 8.11. The van der Waals surface area contributed by atoms with Crippen molar-refractivity contribution in [3.8, 4) is 0 Å². The molecule has 1 atom stereocenters. The van der Waals surface area contributed by atoms with Crippen LogP contribution in [0.1, 0.15) is 63.0 Å². The first-order valence-electron chi connectivity index (χ1n) is 10.8. The van der Waals surface area contributed by atoms with E-state index in [1.807, 2.05) is 0 Å². The number of hydrazine groups is 1. The summed E-state index contributed by atoms with van der Waals surface area (Å²) < 4.78 is 0. The molecule has 2 aliphatic rings. The van der Waals surface area contributed by atoms with Gasteiger partial charge in [-0.1, -0.05) is 37.1 Å². The molecular weight excluding hydrogens is 320 g/mol. The highest BCUT2D eigenvalue weighted by atomic mass is 15.5. The summed E-state index contributed by atoms with van der Waals surface area (Å²) in [6.07, 6.45) is 9.48. The fraction of sp³-hybridized carbons (Fsp3) is 0.727. The lowest BCUT2D eigenvalue weighted by molar-refractivity contribution is 0.151. The molecule has 26 heavy (non-hydrogen) atoms. The van der Waals surface area contributed by atoms with Crippen LogP contribution in [-0.4, -0.2) is 48.7 Å². The van der Waals surface area contributed by atoms with E-state index in [9.17, 15) is 0 Å². The molecule has 3 rings (SSSR count). The maximum atomic E-state index is 3.61.